The zero-order chi connectivity index (χ0) is 25.4. The summed E-state index contributed by atoms with van der Waals surface area (Å²) in [6, 6.07) is 17.9. The molecule has 0 spiro atoms. The topological polar surface area (TPSA) is 138 Å². The number of hydrogen-bond donors (Lipinski definition) is 3. The van der Waals surface area contributed by atoms with Gasteiger partial charge in [0.25, 0.3) is 0 Å². The highest BCUT2D eigenvalue weighted by atomic mass is 16.7. The van der Waals surface area contributed by atoms with E-state index in [1.807, 2.05) is 42.5 Å². The average molecular weight is 504 g/mol. The van der Waals surface area contributed by atoms with Gasteiger partial charge in [0.1, 0.15) is 30.2 Å². The van der Waals surface area contributed by atoms with Gasteiger partial charge < -0.3 is 30.2 Å². The van der Waals surface area contributed by atoms with Gasteiger partial charge in [0.05, 0.1) is 19.0 Å². The quantitative estimate of drug-likeness (QED) is 0.325. The van der Waals surface area contributed by atoms with Gasteiger partial charge in [0, 0.05) is 0 Å². The summed E-state index contributed by atoms with van der Waals surface area (Å²) in [6.45, 7) is 0.255. The first-order valence-corrected chi connectivity index (χ1v) is 12.4. The van der Waals surface area contributed by atoms with Gasteiger partial charge in [-0.2, -0.15) is 0 Å². The number of nitrogen functional groups attached to an aromatic ring is 1. The lowest BCUT2D eigenvalue weighted by Gasteiger charge is -2.33. The number of aliphatic hydroxyl groups is 2. The molecule has 0 radical (unpaired) electrons. The largest absolute Gasteiger partial charge is 0.387 e. The third-order valence-electron chi connectivity index (χ3n) is 7.07. The van der Waals surface area contributed by atoms with Crippen LogP contribution in [-0.2, 0) is 27.2 Å². The van der Waals surface area contributed by atoms with Crippen LogP contribution >= 0.6 is 0 Å². The highest BCUT2D eigenvalue weighted by molar-refractivity contribution is 5.81. The molecule has 2 aromatic heterocycles. The minimum atomic E-state index is -1.28. The highest BCUT2D eigenvalue weighted by Gasteiger charge is 2.49. The fourth-order valence-electron chi connectivity index (χ4n) is 5.17. The molecular formula is C27H29N5O5. The van der Waals surface area contributed by atoms with Crippen LogP contribution in [0.15, 0.2) is 67.3 Å². The summed E-state index contributed by atoms with van der Waals surface area (Å²) < 4.78 is 20.5. The van der Waals surface area contributed by atoms with Gasteiger partial charge in [-0.25, -0.2) is 15.0 Å². The molecule has 2 aliphatic rings. The third kappa shape index (κ3) is 4.58. The van der Waals surface area contributed by atoms with E-state index in [2.05, 4.69) is 27.1 Å². The molecule has 1 saturated heterocycles. The summed E-state index contributed by atoms with van der Waals surface area (Å²) in [6.07, 6.45) is -0.0674. The van der Waals surface area contributed by atoms with Crippen LogP contribution < -0.4 is 5.73 Å². The molecular weight excluding hydrogens is 474 g/mol. The van der Waals surface area contributed by atoms with E-state index in [4.69, 9.17) is 19.9 Å². The normalized spacial score (nSPS) is 26.3. The monoisotopic (exact) mass is 503 g/mol. The minimum absolute atomic E-state index is 0.219. The lowest BCUT2D eigenvalue weighted by atomic mass is 9.89. The van der Waals surface area contributed by atoms with Gasteiger partial charge in [0.15, 0.2) is 24.0 Å². The van der Waals surface area contributed by atoms with Crippen molar-refractivity contribution in [2.24, 2.45) is 0 Å². The molecule has 4 aromatic rings. The van der Waals surface area contributed by atoms with E-state index in [1.165, 1.54) is 18.2 Å². The van der Waals surface area contributed by atoms with Crippen molar-refractivity contribution >= 4 is 17.0 Å². The Kier molecular flexibility index (Phi) is 6.58. The highest BCUT2D eigenvalue weighted by Crippen LogP contribution is 2.38. The molecule has 192 valence electrons. The molecule has 4 N–H and O–H groups in total. The van der Waals surface area contributed by atoms with E-state index < -0.39 is 30.8 Å². The Morgan fingerprint density at radius 2 is 1.84 bits per heavy atom. The maximum atomic E-state index is 11.1. The predicted octanol–water partition coefficient (Wildman–Crippen LogP) is 2.66. The number of rotatable bonds is 7. The molecule has 3 heterocycles. The summed E-state index contributed by atoms with van der Waals surface area (Å²) in [4.78, 5) is 12.5. The molecule has 1 aliphatic heterocycles. The van der Waals surface area contributed by atoms with Crippen molar-refractivity contribution < 1.29 is 24.4 Å². The number of aliphatic hydroxyl groups excluding tert-OH is 2. The number of benzene rings is 2. The summed E-state index contributed by atoms with van der Waals surface area (Å²) in [5, 5.41) is 22.1. The molecule has 2 unspecified atom stereocenters. The second kappa shape index (κ2) is 10.2. The van der Waals surface area contributed by atoms with E-state index in [-0.39, 0.29) is 18.5 Å². The van der Waals surface area contributed by atoms with Crippen molar-refractivity contribution in [3.63, 3.8) is 0 Å². The van der Waals surface area contributed by atoms with E-state index in [0.29, 0.717) is 11.2 Å². The number of fused-ring (bicyclic) bond motifs is 2. The maximum Gasteiger partial charge on any atom is 0.187 e. The van der Waals surface area contributed by atoms with Crippen molar-refractivity contribution in [3.05, 3.63) is 83.9 Å². The first kappa shape index (κ1) is 24.0. The van der Waals surface area contributed by atoms with Crippen LogP contribution in [0.3, 0.4) is 0 Å². The fraction of sp³-hybridized carbons (Fsp3) is 0.370. The first-order chi connectivity index (χ1) is 18.1. The van der Waals surface area contributed by atoms with E-state index in [9.17, 15) is 10.2 Å². The molecule has 1 aliphatic carbocycles. The molecule has 2 aromatic carbocycles. The number of hydrogen-bond acceptors (Lipinski definition) is 9. The third-order valence-corrected chi connectivity index (χ3v) is 7.07. The Balaban J connectivity index is 1.29. The van der Waals surface area contributed by atoms with Crippen LogP contribution in [0.1, 0.15) is 41.9 Å². The molecule has 37 heavy (non-hydrogen) atoms. The SMILES string of the molecule is Nc1ncnc2c1ncn2[C@@H]1O[C@H](C(OCc2ccccc2)OC2CCCc3ccccc32)[C@@H](O)[C@H]1O. The van der Waals surface area contributed by atoms with Crippen LogP contribution in [0.2, 0.25) is 0 Å². The summed E-state index contributed by atoms with van der Waals surface area (Å²) >= 11 is 0. The van der Waals surface area contributed by atoms with Crippen molar-refractivity contribution in [3.8, 4) is 0 Å². The molecule has 1 fully saturated rings. The Hall–Kier alpha value is -3.41. The number of imidazole rings is 1. The molecule has 6 rings (SSSR count). The van der Waals surface area contributed by atoms with E-state index in [0.717, 1.165) is 30.4 Å². The van der Waals surface area contributed by atoms with Gasteiger partial charge in [-0.05, 0) is 36.0 Å². The van der Waals surface area contributed by atoms with Crippen molar-refractivity contribution in [2.45, 2.75) is 62.8 Å². The van der Waals surface area contributed by atoms with E-state index >= 15 is 0 Å². The van der Waals surface area contributed by atoms with Crippen molar-refractivity contribution in [2.75, 3.05) is 5.73 Å². The summed E-state index contributed by atoms with van der Waals surface area (Å²) in [7, 11) is 0. The smallest absolute Gasteiger partial charge is 0.187 e. The number of ether oxygens (including phenoxy) is 3. The second-order valence-corrected chi connectivity index (χ2v) is 9.44. The number of anilines is 1. The predicted molar refractivity (Wildman–Crippen MR) is 134 cm³/mol. The molecule has 10 heteroatoms. The zero-order valence-corrected chi connectivity index (χ0v) is 20.1. The van der Waals surface area contributed by atoms with Gasteiger partial charge >= 0.3 is 0 Å². The second-order valence-electron chi connectivity index (χ2n) is 9.44. The molecule has 0 bridgehead atoms. The van der Waals surface area contributed by atoms with Gasteiger partial charge in [0.2, 0.25) is 0 Å². The van der Waals surface area contributed by atoms with Gasteiger partial charge in [-0.3, -0.25) is 4.57 Å². The zero-order valence-electron chi connectivity index (χ0n) is 20.1. The lowest BCUT2D eigenvalue weighted by Crippen LogP contribution is -2.42. The van der Waals surface area contributed by atoms with Crippen LogP contribution in [0.25, 0.3) is 11.2 Å². The fourth-order valence-corrected chi connectivity index (χ4v) is 5.17. The van der Waals surface area contributed by atoms with Crippen LogP contribution in [-0.4, -0.2) is 54.3 Å². The van der Waals surface area contributed by atoms with Gasteiger partial charge in [-0.15, -0.1) is 0 Å². The number of nitrogens with zero attached hydrogens (tertiary/aromatic N) is 4. The Labute approximate surface area is 213 Å². The van der Waals surface area contributed by atoms with Crippen LogP contribution in [0.4, 0.5) is 5.82 Å². The molecule has 0 amide bonds. The summed E-state index contributed by atoms with van der Waals surface area (Å²) in [5.41, 5.74) is 10.0. The number of nitrogens with two attached hydrogens (primary N) is 1. The van der Waals surface area contributed by atoms with E-state index in [1.54, 1.807) is 4.57 Å². The van der Waals surface area contributed by atoms with Gasteiger partial charge in [-0.1, -0.05) is 54.6 Å². The minimum Gasteiger partial charge on any atom is -0.387 e. The maximum absolute atomic E-state index is 11.1. The lowest BCUT2D eigenvalue weighted by molar-refractivity contribution is -0.246. The standard InChI is InChI=1S/C27H29N5O5/c28-24-20-25(30-14-29-24)32(15-31-20)26-22(34)21(33)23(37-26)27(35-13-16-7-2-1-3-8-16)36-19-12-6-10-17-9-4-5-11-18(17)19/h1-5,7-9,11,14-15,19,21-23,26-27,33-34H,6,10,12-13H2,(H2,28,29,30)/t19?,21-,22+,23-,26+,27?/m0/s1. The number of aryl methyl sites for hydroxylation is 1. The molecule has 0 saturated carbocycles. The Bertz CT molecular complexity index is 1370. The Morgan fingerprint density at radius 3 is 2.70 bits per heavy atom. The van der Waals surface area contributed by atoms with Crippen LogP contribution in [0.5, 0.6) is 0 Å². The average Bonchev–Trinajstić information content (AvgIpc) is 3.49. The molecule has 6 atom stereocenters. The first-order valence-electron chi connectivity index (χ1n) is 12.4. The van der Waals surface area contributed by atoms with Crippen molar-refractivity contribution in [1.29, 1.82) is 0 Å². The van der Waals surface area contributed by atoms with Crippen molar-refractivity contribution in [1.82, 2.24) is 19.5 Å². The molecule has 10 nitrogen and oxygen atoms in total. The number of aromatic nitrogens is 4. The summed E-state index contributed by atoms with van der Waals surface area (Å²) in [5.74, 6) is 0.219. The Morgan fingerprint density at radius 1 is 1.03 bits per heavy atom. The van der Waals surface area contributed by atoms with Crippen LogP contribution in [0, 0.1) is 0 Å².